The highest BCUT2D eigenvalue weighted by molar-refractivity contribution is 5.93. The number of primary amides is 1. The summed E-state index contributed by atoms with van der Waals surface area (Å²) in [4.78, 5) is 55.9. The first-order chi connectivity index (χ1) is 10.5. The van der Waals surface area contributed by atoms with E-state index in [0.717, 1.165) is 0 Å². The summed E-state index contributed by atoms with van der Waals surface area (Å²) in [6.45, 7) is 1.36. The topological polar surface area (TPSA) is 202 Å². The Hall–Kier alpha value is -2.69. The van der Waals surface area contributed by atoms with Crippen molar-refractivity contribution in [3.8, 4) is 0 Å². The van der Waals surface area contributed by atoms with Crippen molar-refractivity contribution in [3.63, 3.8) is 0 Å². The molecule has 0 aliphatic carbocycles. The second-order valence-corrected chi connectivity index (χ2v) is 4.85. The summed E-state index contributed by atoms with van der Waals surface area (Å²) in [6.07, 6.45) is -1.36. The quantitative estimate of drug-likeness (QED) is 0.245. The monoisotopic (exact) mass is 332 g/mol. The number of hydrogen-bond donors (Lipinski definition) is 6. The van der Waals surface area contributed by atoms with Crippen LogP contribution in [-0.4, -0.2) is 58.0 Å². The molecule has 0 rings (SSSR count). The lowest BCUT2D eigenvalue weighted by Gasteiger charge is -2.21. The number of carboxylic acids is 2. The van der Waals surface area contributed by atoms with Crippen LogP contribution in [0.2, 0.25) is 0 Å². The number of rotatable bonds is 10. The van der Waals surface area contributed by atoms with Crippen LogP contribution in [0.15, 0.2) is 0 Å². The van der Waals surface area contributed by atoms with Gasteiger partial charge in [0.1, 0.15) is 12.1 Å². The predicted molar refractivity (Wildman–Crippen MR) is 75.8 cm³/mol. The molecule has 0 spiro atoms. The van der Waals surface area contributed by atoms with Crippen molar-refractivity contribution < 1.29 is 34.2 Å². The van der Waals surface area contributed by atoms with Crippen LogP contribution in [0.5, 0.6) is 0 Å². The van der Waals surface area contributed by atoms with E-state index >= 15 is 0 Å². The fourth-order valence-electron chi connectivity index (χ4n) is 1.51. The van der Waals surface area contributed by atoms with Gasteiger partial charge < -0.3 is 32.3 Å². The summed E-state index contributed by atoms with van der Waals surface area (Å²) in [6, 6.07) is -3.84. The van der Waals surface area contributed by atoms with Gasteiger partial charge in [0.05, 0.1) is 12.5 Å². The second kappa shape index (κ2) is 9.35. The first-order valence-corrected chi connectivity index (χ1v) is 6.63. The fourth-order valence-corrected chi connectivity index (χ4v) is 1.51. The highest BCUT2D eigenvalue weighted by atomic mass is 16.4. The number of carboxylic acid groups (broad SMARTS) is 2. The molecule has 0 aromatic rings. The summed E-state index contributed by atoms with van der Waals surface area (Å²) < 4.78 is 0. The zero-order valence-electron chi connectivity index (χ0n) is 12.4. The van der Waals surface area contributed by atoms with Gasteiger partial charge in [-0.1, -0.05) is 0 Å². The Balaban J connectivity index is 5.00. The van der Waals surface area contributed by atoms with E-state index in [1.165, 1.54) is 6.92 Å². The fraction of sp³-hybridized carbons (Fsp3) is 0.583. The van der Waals surface area contributed by atoms with Crippen LogP contribution >= 0.6 is 0 Å². The SMILES string of the molecule is C[C@H](N)C(=O)N[C@@H](CCC(=O)O)C(=O)N[C@@H](CC(N)=O)C(=O)O. The molecule has 0 fully saturated rings. The number of nitrogens with one attached hydrogen (secondary N) is 2. The Morgan fingerprint density at radius 3 is 1.91 bits per heavy atom. The molecule has 0 aromatic carbocycles. The van der Waals surface area contributed by atoms with Crippen LogP contribution in [0, 0.1) is 0 Å². The van der Waals surface area contributed by atoms with Crippen molar-refractivity contribution in [2.45, 2.75) is 44.3 Å². The third-order valence-electron chi connectivity index (χ3n) is 2.71. The van der Waals surface area contributed by atoms with Crippen molar-refractivity contribution in [2.75, 3.05) is 0 Å². The third-order valence-corrected chi connectivity index (χ3v) is 2.71. The molecule has 0 aromatic heterocycles. The van der Waals surface area contributed by atoms with Crippen molar-refractivity contribution in [3.05, 3.63) is 0 Å². The van der Waals surface area contributed by atoms with Gasteiger partial charge in [0.2, 0.25) is 17.7 Å². The minimum atomic E-state index is -1.58. The molecule has 0 bridgehead atoms. The Labute approximate surface area is 131 Å². The van der Waals surface area contributed by atoms with Crippen LogP contribution in [0.25, 0.3) is 0 Å². The molecule has 0 unspecified atom stereocenters. The average Bonchev–Trinajstić information content (AvgIpc) is 2.41. The number of carbonyl (C=O) groups excluding carboxylic acids is 3. The normalized spacial score (nSPS) is 14.2. The summed E-state index contributed by atoms with van der Waals surface area (Å²) in [7, 11) is 0. The van der Waals surface area contributed by atoms with Crippen LogP contribution in [0.4, 0.5) is 0 Å². The van der Waals surface area contributed by atoms with Gasteiger partial charge >= 0.3 is 11.9 Å². The van der Waals surface area contributed by atoms with Gasteiger partial charge in [-0.3, -0.25) is 19.2 Å². The number of hydrogen-bond acceptors (Lipinski definition) is 6. The standard InChI is InChI=1S/C12H20N4O7/c1-5(13)10(20)15-6(2-3-9(18)19)11(21)16-7(12(22)23)4-8(14)17/h5-7H,2-4,13H2,1H3,(H2,14,17)(H,15,20)(H,16,21)(H,18,19)(H,22,23)/t5-,6-,7-/m0/s1. The molecular formula is C12H20N4O7. The van der Waals surface area contributed by atoms with E-state index in [4.69, 9.17) is 21.7 Å². The van der Waals surface area contributed by atoms with Gasteiger partial charge in [-0.2, -0.15) is 0 Å². The minimum absolute atomic E-state index is 0.275. The van der Waals surface area contributed by atoms with Gasteiger partial charge in [0.15, 0.2) is 0 Å². The highest BCUT2D eigenvalue weighted by Crippen LogP contribution is 2.01. The Morgan fingerprint density at radius 1 is 1.00 bits per heavy atom. The zero-order valence-corrected chi connectivity index (χ0v) is 12.4. The summed E-state index contributed by atoms with van der Waals surface area (Å²) in [5.74, 6) is -5.30. The van der Waals surface area contributed by atoms with Crippen molar-refractivity contribution in [1.82, 2.24) is 10.6 Å². The van der Waals surface area contributed by atoms with Crippen molar-refractivity contribution >= 4 is 29.7 Å². The Bertz CT molecular complexity index is 492. The summed E-state index contributed by atoms with van der Waals surface area (Å²) in [5, 5.41) is 21.8. The Morgan fingerprint density at radius 2 is 1.52 bits per heavy atom. The lowest BCUT2D eigenvalue weighted by molar-refractivity contribution is -0.144. The molecule has 3 amide bonds. The number of nitrogens with two attached hydrogens (primary N) is 2. The first-order valence-electron chi connectivity index (χ1n) is 6.63. The van der Waals surface area contributed by atoms with E-state index in [-0.39, 0.29) is 6.42 Å². The maximum Gasteiger partial charge on any atom is 0.326 e. The molecule has 3 atom stereocenters. The minimum Gasteiger partial charge on any atom is -0.481 e. The highest BCUT2D eigenvalue weighted by Gasteiger charge is 2.28. The van der Waals surface area contributed by atoms with Crippen LogP contribution < -0.4 is 22.1 Å². The van der Waals surface area contributed by atoms with E-state index in [1.54, 1.807) is 0 Å². The second-order valence-electron chi connectivity index (χ2n) is 4.85. The first kappa shape index (κ1) is 20.3. The van der Waals surface area contributed by atoms with Crippen LogP contribution in [-0.2, 0) is 24.0 Å². The van der Waals surface area contributed by atoms with Gasteiger partial charge in [-0.25, -0.2) is 4.79 Å². The lowest BCUT2D eigenvalue weighted by atomic mass is 10.1. The zero-order chi connectivity index (χ0) is 18.2. The average molecular weight is 332 g/mol. The molecule has 11 heteroatoms. The van der Waals surface area contributed by atoms with Crippen LogP contribution in [0.3, 0.4) is 0 Å². The van der Waals surface area contributed by atoms with Gasteiger partial charge in [-0.05, 0) is 13.3 Å². The maximum atomic E-state index is 12.0. The van der Waals surface area contributed by atoms with E-state index in [1.807, 2.05) is 5.32 Å². The molecule has 0 heterocycles. The van der Waals surface area contributed by atoms with E-state index < -0.39 is 60.6 Å². The largest absolute Gasteiger partial charge is 0.481 e. The molecule has 11 nitrogen and oxygen atoms in total. The van der Waals surface area contributed by atoms with Crippen molar-refractivity contribution in [1.29, 1.82) is 0 Å². The maximum absolute atomic E-state index is 12.0. The molecular weight excluding hydrogens is 312 g/mol. The van der Waals surface area contributed by atoms with Gasteiger partial charge in [0, 0.05) is 6.42 Å². The Kier molecular flexibility index (Phi) is 8.26. The third kappa shape index (κ3) is 8.36. The predicted octanol–water partition coefficient (Wildman–Crippen LogP) is -2.87. The number of amides is 3. The lowest BCUT2D eigenvalue weighted by Crippen LogP contribution is -2.54. The van der Waals surface area contributed by atoms with E-state index in [0.29, 0.717) is 0 Å². The molecule has 0 aliphatic rings. The number of carbonyl (C=O) groups is 5. The molecule has 0 saturated heterocycles. The summed E-state index contributed by atoms with van der Waals surface area (Å²) >= 11 is 0. The van der Waals surface area contributed by atoms with E-state index in [9.17, 15) is 24.0 Å². The molecule has 0 radical (unpaired) electrons. The van der Waals surface area contributed by atoms with Crippen LogP contribution in [0.1, 0.15) is 26.2 Å². The molecule has 23 heavy (non-hydrogen) atoms. The molecule has 0 saturated carbocycles. The molecule has 0 aliphatic heterocycles. The smallest absolute Gasteiger partial charge is 0.326 e. The number of aliphatic carboxylic acids is 2. The molecule has 130 valence electrons. The van der Waals surface area contributed by atoms with E-state index in [2.05, 4.69) is 5.32 Å². The summed E-state index contributed by atoms with van der Waals surface area (Å²) in [5.41, 5.74) is 10.2. The molecule has 8 N–H and O–H groups in total. The van der Waals surface area contributed by atoms with Crippen molar-refractivity contribution in [2.24, 2.45) is 11.5 Å². The van der Waals surface area contributed by atoms with Gasteiger partial charge in [-0.15, -0.1) is 0 Å². The van der Waals surface area contributed by atoms with Gasteiger partial charge in [0.25, 0.3) is 0 Å².